The summed E-state index contributed by atoms with van der Waals surface area (Å²) in [6.45, 7) is 1.86. The van der Waals surface area contributed by atoms with Gasteiger partial charge in [0.2, 0.25) is 0 Å². The maximum absolute atomic E-state index is 12.3. The Kier molecular flexibility index (Phi) is 4.17. The molecule has 0 bridgehead atoms. The van der Waals surface area contributed by atoms with E-state index in [0.717, 1.165) is 37.9 Å². The van der Waals surface area contributed by atoms with Gasteiger partial charge in [-0.2, -0.15) is 0 Å². The topological polar surface area (TPSA) is 58.2 Å². The van der Waals surface area contributed by atoms with Crippen LogP contribution in [0.15, 0.2) is 18.2 Å². The molecule has 3 rings (SSSR count). The molecule has 0 unspecified atom stereocenters. The second kappa shape index (κ2) is 6.06. The van der Waals surface area contributed by atoms with Crippen LogP contribution in [0.5, 0.6) is 0 Å². The lowest BCUT2D eigenvalue weighted by molar-refractivity contribution is 0.0934. The summed E-state index contributed by atoms with van der Waals surface area (Å²) in [5.41, 5.74) is 3.31. The second-order valence-electron chi connectivity index (χ2n) is 5.51. The van der Waals surface area contributed by atoms with Crippen LogP contribution >= 0.6 is 0 Å². The monoisotopic (exact) mass is 292 g/mol. The fourth-order valence-electron chi connectivity index (χ4n) is 2.83. The van der Waals surface area contributed by atoms with Crippen molar-refractivity contribution in [2.24, 2.45) is 0 Å². The molecule has 4 nitrogen and oxygen atoms in total. The number of nitrogens with one attached hydrogen (secondary N) is 2. The van der Waals surface area contributed by atoms with Gasteiger partial charge >= 0.3 is 0 Å². The zero-order chi connectivity index (χ0) is 13.9. The highest BCUT2D eigenvalue weighted by atomic mass is 32.2. The third-order valence-electron chi connectivity index (χ3n) is 4.08. The van der Waals surface area contributed by atoms with E-state index in [0.29, 0.717) is 11.5 Å². The summed E-state index contributed by atoms with van der Waals surface area (Å²) in [5, 5.41) is 6.40. The van der Waals surface area contributed by atoms with Crippen LogP contribution in [-0.4, -0.2) is 34.2 Å². The predicted octanol–water partition coefficient (Wildman–Crippen LogP) is 0.973. The van der Waals surface area contributed by atoms with Gasteiger partial charge in [-0.05, 0) is 49.1 Å². The Morgan fingerprint density at radius 3 is 2.85 bits per heavy atom. The fourth-order valence-corrected chi connectivity index (χ4v) is 4.13. The number of fused-ring (bicyclic) bond motifs is 1. The lowest BCUT2D eigenvalue weighted by atomic mass is 9.98. The molecular weight excluding hydrogens is 272 g/mol. The van der Waals surface area contributed by atoms with Crippen LogP contribution in [0.4, 0.5) is 0 Å². The number of rotatable bonds is 2. The van der Waals surface area contributed by atoms with Crippen molar-refractivity contribution in [1.29, 1.82) is 0 Å². The number of amides is 1. The van der Waals surface area contributed by atoms with E-state index in [1.165, 1.54) is 11.1 Å². The molecule has 2 N–H and O–H groups in total. The quantitative estimate of drug-likeness (QED) is 0.854. The number of carbonyl (C=O) groups is 1. The normalized spacial score (nSPS) is 25.8. The number of hydrogen-bond donors (Lipinski definition) is 2. The molecule has 1 aromatic carbocycles. The largest absolute Gasteiger partial charge is 0.349 e. The summed E-state index contributed by atoms with van der Waals surface area (Å²) in [5.74, 6) is 1.41. The molecule has 108 valence electrons. The molecule has 2 aliphatic rings. The smallest absolute Gasteiger partial charge is 0.251 e. The standard InChI is InChI=1S/C15H20N2O2S/c18-15(17-14-4-7-20(19)8-5-14)12-2-1-11-3-6-16-10-13(11)9-12/h1-2,9,14,16H,3-8,10H2,(H,17,18). The van der Waals surface area contributed by atoms with Gasteiger partial charge in [-0.1, -0.05) is 6.07 Å². The molecule has 0 radical (unpaired) electrons. The number of hydrogen-bond acceptors (Lipinski definition) is 3. The highest BCUT2D eigenvalue weighted by molar-refractivity contribution is 7.85. The molecule has 20 heavy (non-hydrogen) atoms. The summed E-state index contributed by atoms with van der Waals surface area (Å²) >= 11 is 0. The van der Waals surface area contributed by atoms with Crippen molar-refractivity contribution < 1.29 is 9.00 Å². The van der Waals surface area contributed by atoms with Crippen LogP contribution in [0.25, 0.3) is 0 Å². The third-order valence-corrected chi connectivity index (χ3v) is 5.46. The first-order chi connectivity index (χ1) is 9.72. The van der Waals surface area contributed by atoms with Crippen LogP contribution < -0.4 is 10.6 Å². The van der Waals surface area contributed by atoms with Gasteiger partial charge in [0.1, 0.15) is 0 Å². The maximum atomic E-state index is 12.3. The third kappa shape index (κ3) is 3.10. The van der Waals surface area contributed by atoms with Crippen molar-refractivity contribution in [2.45, 2.75) is 31.8 Å². The molecule has 0 aliphatic carbocycles. The lowest BCUT2D eigenvalue weighted by Crippen LogP contribution is -2.39. The Hall–Kier alpha value is -1.20. The average Bonchev–Trinajstić information content (AvgIpc) is 2.49. The van der Waals surface area contributed by atoms with Gasteiger partial charge < -0.3 is 10.6 Å². The minimum Gasteiger partial charge on any atom is -0.349 e. The highest BCUT2D eigenvalue weighted by Gasteiger charge is 2.20. The maximum Gasteiger partial charge on any atom is 0.251 e. The molecule has 1 saturated heterocycles. The van der Waals surface area contributed by atoms with E-state index in [9.17, 15) is 9.00 Å². The van der Waals surface area contributed by atoms with Gasteiger partial charge in [-0.3, -0.25) is 9.00 Å². The van der Waals surface area contributed by atoms with Crippen molar-refractivity contribution in [3.05, 3.63) is 34.9 Å². The fraction of sp³-hybridized carbons (Fsp3) is 0.533. The van der Waals surface area contributed by atoms with Gasteiger partial charge in [0, 0.05) is 40.5 Å². The molecule has 0 spiro atoms. The molecule has 1 aromatic rings. The molecule has 0 saturated carbocycles. The van der Waals surface area contributed by atoms with E-state index in [1.807, 2.05) is 12.1 Å². The van der Waals surface area contributed by atoms with Crippen molar-refractivity contribution in [1.82, 2.24) is 10.6 Å². The van der Waals surface area contributed by atoms with Crippen LogP contribution in [0, 0.1) is 0 Å². The van der Waals surface area contributed by atoms with Crippen LogP contribution in [0.3, 0.4) is 0 Å². The van der Waals surface area contributed by atoms with Gasteiger partial charge in [-0.25, -0.2) is 0 Å². The van der Waals surface area contributed by atoms with E-state index in [4.69, 9.17) is 0 Å². The minimum atomic E-state index is -0.682. The van der Waals surface area contributed by atoms with Crippen molar-refractivity contribution in [3.63, 3.8) is 0 Å². The predicted molar refractivity (Wildman–Crippen MR) is 80.2 cm³/mol. The van der Waals surface area contributed by atoms with Crippen LogP contribution in [0.1, 0.15) is 34.3 Å². The molecule has 2 aliphatic heterocycles. The van der Waals surface area contributed by atoms with Gasteiger partial charge in [0.25, 0.3) is 5.91 Å². The molecule has 0 aromatic heterocycles. The van der Waals surface area contributed by atoms with Crippen molar-refractivity contribution in [2.75, 3.05) is 18.1 Å². The zero-order valence-electron chi connectivity index (χ0n) is 11.5. The molecule has 0 atom stereocenters. The molecule has 2 heterocycles. The van der Waals surface area contributed by atoms with Crippen LogP contribution in [-0.2, 0) is 23.8 Å². The SMILES string of the molecule is O=C(NC1CCS(=O)CC1)c1ccc2c(c1)CNCC2. The Labute approximate surface area is 121 Å². The number of benzene rings is 1. The first kappa shape index (κ1) is 13.8. The Balaban J connectivity index is 1.66. The van der Waals surface area contributed by atoms with E-state index < -0.39 is 10.8 Å². The zero-order valence-corrected chi connectivity index (χ0v) is 12.3. The molecule has 1 fully saturated rings. The van der Waals surface area contributed by atoms with Gasteiger partial charge in [0.15, 0.2) is 0 Å². The molecule has 1 amide bonds. The lowest BCUT2D eigenvalue weighted by Gasteiger charge is -2.23. The first-order valence-electron chi connectivity index (χ1n) is 7.21. The van der Waals surface area contributed by atoms with Gasteiger partial charge in [-0.15, -0.1) is 0 Å². The summed E-state index contributed by atoms with van der Waals surface area (Å²) in [6, 6.07) is 6.16. The van der Waals surface area contributed by atoms with E-state index in [-0.39, 0.29) is 11.9 Å². The van der Waals surface area contributed by atoms with Gasteiger partial charge in [0.05, 0.1) is 0 Å². The second-order valence-corrected chi connectivity index (χ2v) is 7.20. The van der Waals surface area contributed by atoms with Crippen molar-refractivity contribution >= 4 is 16.7 Å². The van der Waals surface area contributed by atoms with Crippen LogP contribution in [0.2, 0.25) is 0 Å². The Morgan fingerprint density at radius 1 is 1.25 bits per heavy atom. The Bertz CT molecular complexity index is 535. The molecule has 5 heteroatoms. The number of carbonyl (C=O) groups excluding carboxylic acids is 1. The molecular formula is C15H20N2O2S. The van der Waals surface area contributed by atoms with E-state index in [1.54, 1.807) is 0 Å². The Morgan fingerprint density at radius 2 is 2.05 bits per heavy atom. The van der Waals surface area contributed by atoms with E-state index in [2.05, 4.69) is 16.7 Å². The summed E-state index contributed by atoms with van der Waals surface area (Å²) in [4.78, 5) is 12.3. The first-order valence-corrected chi connectivity index (χ1v) is 8.69. The summed E-state index contributed by atoms with van der Waals surface area (Å²) < 4.78 is 11.3. The van der Waals surface area contributed by atoms with Crippen molar-refractivity contribution in [3.8, 4) is 0 Å². The average molecular weight is 292 g/mol. The van der Waals surface area contributed by atoms with E-state index >= 15 is 0 Å². The highest BCUT2D eigenvalue weighted by Crippen LogP contribution is 2.17. The summed E-state index contributed by atoms with van der Waals surface area (Å²) in [6.07, 6.45) is 2.68. The summed E-state index contributed by atoms with van der Waals surface area (Å²) in [7, 11) is -0.682. The minimum absolute atomic E-state index is 0.00365.